The van der Waals surface area contributed by atoms with Crippen LogP contribution in [0.25, 0.3) is 0 Å². The highest BCUT2D eigenvalue weighted by atomic mass is 16.5. The van der Waals surface area contributed by atoms with Gasteiger partial charge in [-0.2, -0.15) is 4.98 Å². The van der Waals surface area contributed by atoms with Crippen LogP contribution in [0.4, 0.5) is 0 Å². The molecule has 0 saturated carbocycles. The summed E-state index contributed by atoms with van der Waals surface area (Å²) in [5.74, 6) is 1.27. The quantitative estimate of drug-likeness (QED) is 0.815. The summed E-state index contributed by atoms with van der Waals surface area (Å²) in [5, 5.41) is 13.9. The van der Waals surface area contributed by atoms with Crippen molar-refractivity contribution in [2.24, 2.45) is 0 Å². The number of aliphatic hydroxyl groups is 1. The van der Waals surface area contributed by atoms with Gasteiger partial charge in [-0.3, -0.25) is 4.79 Å². The monoisotopic (exact) mass is 281 g/mol. The molecule has 1 fully saturated rings. The van der Waals surface area contributed by atoms with E-state index in [9.17, 15) is 9.90 Å². The van der Waals surface area contributed by atoms with Crippen LogP contribution in [0, 0.1) is 0 Å². The molecule has 1 aliphatic heterocycles. The van der Waals surface area contributed by atoms with Gasteiger partial charge in [0.05, 0.1) is 18.7 Å². The summed E-state index contributed by atoms with van der Waals surface area (Å²) >= 11 is 0. The van der Waals surface area contributed by atoms with Gasteiger partial charge in [0.15, 0.2) is 5.82 Å². The first kappa shape index (κ1) is 15.0. The van der Waals surface area contributed by atoms with Crippen molar-refractivity contribution in [3.8, 4) is 0 Å². The van der Waals surface area contributed by atoms with Crippen molar-refractivity contribution in [2.75, 3.05) is 13.1 Å². The minimum absolute atomic E-state index is 0.0426. The van der Waals surface area contributed by atoms with Gasteiger partial charge in [-0.15, -0.1) is 0 Å². The SMILES string of the molecule is CCCc1noc(CCC(=O)N2CC(O)(CCC)C2)n1. The first-order chi connectivity index (χ1) is 9.56. The molecule has 0 aliphatic carbocycles. The van der Waals surface area contributed by atoms with E-state index < -0.39 is 5.60 Å². The lowest BCUT2D eigenvalue weighted by molar-refractivity contribution is -0.156. The largest absolute Gasteiger partial charge is 0.386 e. The molecule has 0 aromatic carbocycles. The lowest BCUT2D eigenvalue weighted by atomic mass is 9.89. The van der Waals surface area contributed by atoms with Gasteiger partial charge in [0.2, 0.25) is 11.8 Å². The van der Waals surface area contributed by atoms with Crippen molar-refractivity contribution in [3.05, 3.63) is 11.7 Å². The van der Waals surface area contributed by atoms with Gasteiger partial charge in [-0.25, -0.2) is 0 Å². The molecule has 1 aromatic heterocycles. The smallest absolute Gasteiger partial charge is 0.227 e. The highest BCUT2D eigenvalue weighted by Gasteiger charge is 2.42. The van der Waals surface area contributed by atoms with Gasteiger partial charge >= 0.3 is 0 Å². The molecule has 1 aliphatic rings. The van der Waals surface area contributed by atoms with Crippen LogP contribution >= 0.6 is 0 Å². The van der Waals surface area contributed by atoms with E-state index >= 15 is 0 Å². The van der Waals surface area contributed by atoms with E-state index in [2.05, 4.69) is 17.1 Å². The van der Waals surface area contributed by atoms with Crippen LogP contribution < -0.4 is 0 Å². The average Bonchev–Trinajstić information content (AvgIpc) is 2.81. The second-order valence-electron chi connectivity index (χ2n) is 5.58. The molecular weight excluding hydrogens is 258 g/mol. The molecule has 20 heavy (non-hydrogen) atoms. The average molecular weight is 281 g/mol. The second-order valence-corrected chi connectivity index (χ2v) is 5.58. The predicted octanol–water partition coefficient (Wildman–Crippen LogP) is 1.33. The van der Waals surface area contributed by atoms with E-state index in [0.717, 1.165) is 25.7 Å². The molecule has 0 bridgehead atoms. The molecule has 1 amide bonds. The summed E-state index contributed by atoms with van der Waals surface area (Å²) in [6.45, 7) is 4.99. The highest BCUT2D eigenvalue weighted by molar-refractivity contribution is 5.77. The first-order valence-electron chi connectivity index (χ1n) is 7.38. The van der Waals surface area contributed by atoms with E-state index in [1.807, 2.05) is 6.92 Å². The maximum Gasteiger partial charge on any atom is 0.227 e. The number of amides is 1. The van der Waals surface area contributed by atoms with E-state index in [1.54, 1.807) is 4.90 Å². The van der Waals surface area contributed by atoms with Crippen molar-refractivity contribution >= 4 is 5.91 Å². The number of likely N-dealkylation sites (tertiary alicyclic amines) is 1. The molecule has 2 heterocycles. The Kier molecular flexibility index (Phi) is 4.75. The van der Waals surface area contributed by atoms with E-state index in [4.69, 9.17) is 4.52 Å². The molecular formula is C14H23N3O3. The minimum Gasteiger partial charge on any atom is -0.386 e. The molecule has 1 N–H and O–H groups in total. The Balaban J connectivity index is 1.73. The number of rotatable bonds is 7. The summed E-state index contributed by atoms with van der Waals surface area (Å²) in [7, 11) is 0. The van der Waals surface area contributed by atoms with Gasteiger partial charge in [0.25, 0.3) is 0 Å². The van der Waals surface area contributed by atoms with Crippen LogP contribution in [0.2, 0.25) is 0 Å². The molecule has 6 nitrogen and oxygen atoms in total. The zero-order valence-corrected chi connectivity index (χ0v) is 12.3. The molecule has 1 aromatic rings. The van der Waals surface area contributed by atoms with Crippen LogP contribution in [0.15, 0.2) is 4.52 Å². The predicted molar refractivity (Wildman–Crippen MR) is 73.1 cm³/mol. The Morgan fingerprint density at radius 3 is 2.75 bits per heavy atom. The summed E-state index contributed by atoms with van der Waals surface area (Å²) in [4.78, 5) is 17.9. The standard InChI is InChI=1S/C14H23N3O3/c1-3-5-11-15-12(20-16-11)6-7-13(18)17-9-14(19,10-17)8-4-2/h19H,3-10H2,1-2H3. The van der Waals surface area contributed by atoms with Crippen LogP contribution in [-0.2, 0) is 17.6 Å². The Morgan fingerprint density at radius 1 is 1.35 bits per heavy atom. The molecule has 0 unspecified atom stereocenters. The molecule has 1 saturated heterocycles. The summed E-state index contributed by atoms with van der Waals surface area (Å²) < 4.78 is 5.10. The van der Waals surface area contributed by atoms with Gasteiger partial charge in [0.1, 0.15) is 0 Å². The third-order valence-corrected chi connectivity index (χ3v) is 3.57. The molecule has 0 spiro atoms. The zero-order valence-electron chi connectivity index (χ0n) is 12.3. The Morgan fingerprint density at radius 2 is 2.10 bits per heavy atom. The normalized spacial score (nSPS) is 17.1. The molecule has 6 heteroatoms. The third-order valence-electron chi connectivity index (χ3n) is 3.57. The van der Waals surface area contributed by atoms with E-state index in [1.165, 1.54) is 0 Å². The molecule has 2 rings (SSSR count). The summed E-state index contributed by atoms with van der Waals surface area (Å²) in [5.41, 5.74) is -0.663. The van der Waals surface area contributed by atoms with Crippen molar-refractivity contribution in [2.45, 2.75) is 58.0 Å². The fourth-order valence-corrected chi connectivity index (χ4v) is 2.55. The van der Waals surface area contributed by atoms with Gasteiger partial charge in [-0.05, 0) is 12.8 Å². The van der Waals surface area contributed by atoms with Crippen molar-refractivity contribution < 1.29 is 14.4 Å². The molecule has 0 atom stereocenters. The fraction of sp³-hybridized carbons (Fsp3) is 0.786. The number of β-amino-alcohol motifs (C(OH)–C–C–N with tert-alkyl or cyclic N) is 1. The molecule has 112 valence electrons. The first-order valence-corrected chi connectivity index (χ1v) is 7.38. The number of aromatic nitrogens is 2. The second kappa shape index (κ2) is 6.35. The fourth-order valence-electron chi connectivity index (χ4n) is 2.55. The number of nitrogens with zero attached hydrogens (tertiary/aromatic N) is 3. The maximum atomic E-state index is 11.9. The van der Waals surface area contributed by atoms with E-state index in [-0.39, 0.29) is 5.91 Å². The Hall–Kier alpha value is -1.43. The number of carbonyl (C=O) groups is 1. The molecule has 0 radical (unpaired) electrons. The van der Waals surface area contributed by atoms with Gasteiger partial charge in [0, 0.05) is 19.3 Å². The number of hydrogen-bond acceptors (Lipinski definition) is 5. The number of aryl methyl sites for hydroxylation is 2. The van der Waals surface area contributed by atoms with Gasteiger partial charge < -0.3 is 14.5 Å². The lowest BCUT2D eigenvalue weighted by Gasteiger charge is -2.46. The highest BCUT2D eigenvalue weighted by Crippen LogP contribution is 2.26. The van der Waals surface area contributed by atoms with Crippen molar-refractivity contribution in [1.29, 1.82) is 0 Å². The Bertz CT molecular complexity index is 452. The van der Waals surface area contributed by atoms with Crippen LogP contribution in [-0.4, -0.2) is 44.7 Å². The van der Waals surface area contributed by atoms with Crippen LogP contribution in [0.5, 0.6) is 0 Å². The van der Waals surface area contributed by atoms with Crippen molar-refractivity contribution in [1.82, 2.24) is 15.0 Å². The van der Waals surface area contributed by atoms with Crippen molar-refractivity contribution in [3.63, 3.8) is 0 Å². The number of hydrogen-bond donors (Lipinski definition) is 1. The zero-order chi connectivity index (χ0) is 14.6. The van der Waals surface area contributed by atoms with E-state index in [0.29, 0.717) is 37.6 Å². The van der Waals surface area contributed by atoms with Crippen LogP contribution in [0.1, 0.15) is 51.2 Å². The Labute approximate surface area is 119 Å². The van der Waals surface area contributed by atoms with Crippen LogP contribution in [0.3, 0.4) is 0 Å². The third kappa shape index (κ3) is 3.56. The maximum absolute atomic E-state index is 11.9. The van der Waals surface area contributed by atoms with Gasteiger partial charge in [-0.1, -0.05) is 25.4 Å². The summed E-state index contributed by atoms with van der Waals surface area (Å²) in [6.07, 6.45) is 4.28. The summed E-state index contributed by atoms with van der Waals surface area (Å²) in [6, 6.07) is 0. The lowest BCUT2D eigenvalue weighted by Crippen LogP contribution is -2.63. The topological polar surface area (TPSA) is 79.5 Å². The minimum atomic E-state index is -0.663. The number of carbonyl (C=O) groups excluding carboxylic acids is 1.